The molecule has 3 N–H and O–H groups in total. The lowest BCUT2D eigenvalue weighted by Crippen LogP contribution is -2.20. The van der Waals surface area contributed by atoms with E-state index in [4.69, 9.17) is 9.84 Å². The first-order valence-corrected chi connectivity index (χ1v) is 5.95. The normalized spacial score (nSPS) is 9.90. The summed E-state index contributed by atoms with van der Waals surface area (Å²) >= 11 is 0. The smallest absolute Gasteiger partial charge is 0.337 e. The third-order valence-corrected chi connectivity index (χ3v) is 2.49. The number of nitrogens with zero attached hydrogens (tertiary/aromatic N) is 1. The zero-order chi connectivity index (χ0) is 15.2. The van der Waals surface area contributed by atoms with Crippen LogP contribution in [0.4, 0.5) is 5.69 Å². The number of rotatable bonds is 5. The molecule has 0 spiro atoms. The van der Waals surface area contributed by atoms with Crippen LogP contribution in [0.25, 0.3) is 0 Å². The van der Waals surface area contributed by atoms with Crippen LogP contribution < -0.4 is 10.1 Å². The lowest BCUT2D eigenvalue weighted by Gasteiger charge is -2.08. The number of carbonyl (C=O) groups excluding carboxylic acids is 1. The third-order valence-electron chi connectivity index (χ3n) is 2.49. The summed E-state index contributed by atoms with van der Waals surface area (Å²) in [5.74, 6) is -1.52. The molecule has 2 aromatic rings. The first-order valence-electron chi connectivity index (χ1n) is 5.95. The fraction of sp³-hybridized carbons (Fsp3) is 0.0714. The van der Waals surface area contributed by atoms with Crippen LogP contribution in [-0.2, 0) is 4.79 Å². The first kappa shape index (κ1) is 14.3. The van der Waals surface area contributed by atoms with Crippen LogP contribution in [0.15, 0.2) is 42.7 Å². The van der Waals surface area contributed by atoms with Crippen LogP contribution >= 0.6 is 0 Å². The van der Waals surface area contributed by atoms with Crippen LogP contribution in [0.3, 0.4) is 0 Å². The van der Waals surface area contributed by atoms with Crippen molar-refractivity contribution in [1.29, 1.82) is 0 Å². The number of carboxylic acids is 1. The Hall–Kier alpha value is -3.09. The molecule has 2 rings (SSSR count). The average molecular weight is 288 g/mol. The Morgan fingerprint density at radius 3 is 2.71 bits per heavy atom. The highest BCUT2D eigenvalue weighted by Crippen LogP contribution is 2.24. The molecule has 7 nitrogen and oxygen atoms in total. The van der Waals surface area contributed by atoms with E-state index in [1.165, 1.54) is 30.6 Å². The van der Waals surface area contributed by atoms with Gasteiger partial charge in [-0.2, -0.15) is 0 Å². The maximum Gasteiger partial charge on any atom is 0.337 e. The predicted octanol–water partition coefficient (Wildman–Crippen LogP) is 1.50. The van der Waals surface area contributed by atoms with Crippen LogP contribution in [0.5, 0.6) is 11.5 Å². The number of carboxylic acid groups (broad SMARTS) is 1. The highest BCUT2D eigenvalue weighted by molar-refractivity contribution is 5.94. The van der Waals surface area contributed by atoms with E-state index in [0.29, 0.717) is 0 Å². The summed E-state index contributed by atoms with van der Waals surface area (Å²) in [6, 6.07) is 7.54. The number of pyridine rings is 1. The van der Waals surface area contributed by atoms with Crippen LogP contribution in [0.1, 0.15) is 10.4 Å². The summed E-state index contributed by atoms with van der Waals surface area (Å²) in [5.41, 5.74) is 0.218. The number of aromatic nitrogens is 1. The van der Waals surface area contributed by atoms with Crippen LogP contribution in [0, 0.1) is 0 Å². The Balaban J connectivity index is 1.95. The molecule has 108 valence electrons. The first-order chi connectivity index (χ1) is 10.1. The Morgan fingerprint density at radius 1 is 1.24 bits per heavy atom. The molecule has 0 unspecified atom stereocenters. The van der Waals surface area contributed by atoms with Gasteiger partial charge in [-0.25, -0.2) is 4.79 Å². The quantitative estimate of drug-likeness (QED) is 0.769. The average Bonchev–Trinajstić information content (AvgIpc) is 2.46. The number of aromatic hydroxyl groups is 1. The molecule has 0 aliphatic heterocycles. The van der Waals surface area contributed by atoms with Gasteiger partial charge in [-0.15, -0.1) is 0 Å². The molecule has 0 saturated heterocycles. The fourth-order valence-corrected chi connectivity index (χ4v) is 1.54. The molecular formula is C14H12N2O5. The van der Waals surface area contributed by atoms with Gasteiger partial charge in [0.1, 0.15) is 0 Å². The topological polar surface area (TPSA) is 109 Å². The summed E-state index contributed by atoms with van der Waals surface area (Å²) in [5, 5.41) is 20.8. The molecule has 1 aromatic heterocycles. The second-order valence-electron chi connectivity index (χ2n) is 4.07. The molecule has 0 saturated carbocycles. The van der Waals surface area contributed by atoms with Gasteiger partial charge in [0, 0.05) is 6.20 Å². The van der Waals surface area contributed by atoms with Gasteiger partial charge in [0.25, 0.3) is 5.91 Å². The lowest BCUT2D eigenvalue weighted by atomic mass is 10.2. The Bertz CT molecular complexity index is 672. The van der Waals surface area contributed by atoms with Crippen molar-refractivity contribution in [2.24, 2.45) is 0 Å². The number of hydrogen-bond donors (Lipinski definition) is 3. The molecule has 1 heterocycles. The Morgan fingerprint density at radius 2 is 2.00 bits per heavy atom. The summed E-state index contributed by atoms with van der Waals surface area (Å²) in [6.07, 6.45) is 2.50. The van der Waals surface area contributed by atoms with E-state index < -0.39 is 11.9 Å². The zero-order valence-corrected chi connectivity index (χ0v) is 10.8. The number of benzene rings is 1. The van der Waals surface area contributed by atoms with Crippen molar-refractivity contribution >= 4 is 17.6 Å². The summed E-state index contributed by atoms with van der Waals surface area (Å²) in [7, 11) is 0. The number of ether oxygens (including phenoxy) is 1. The lowest BCUT2D eigenvalue weighted by molar-refractivity contribution is -0.118. The fourth-order valence-electron chi connectivity index (χ4n) is 1.54. The highest BCUT2D eigenvalue weighted by Gasteiger charge is 2.09. The molecule has 1 amide bonds. The number of anilines is 1. The molecule has 0 aliphatic carbocycles. The second kappa shape index (κ2) is 6.38. The number of carbonyl (C=O) groups is 2. The molecule has 1 aromatic carbocycles. The number of phenolic OH excluding ortho intramolecular Hbond substituents is 1. The molecule has 0 radical (unpaired) electrons. The van der Waals surface area contributed by atoms with E-state index in [0.717, 1.165) is 0 Å². The standard InChI is InChI=1S/C14H12N2O5/c17-11-3-1-2-4-12(11)21-8-13(18)16-10-5-9(14(19)20)6-15-7-10/h1-7,17H,8H2,(H,16,18)(H,19,20). The maximum atomic E-state index is 11.7. The van der Waals surface area contributed by atoms with Crippen molar-refractivity contribution in [3.05, 3.63) is 48.3 Å². The minimum atomic E-state index is -1.14. The molecule has 0 bridgehead atoms. The minimum absolute atomic E-state index is 0.0329. The largest absolute Gasteiger partial charge is 0.504 e. The summed E-state index contributed by atoms with van der Waals surface area (Å²) in [6.45, 7) is -0.325. The molecular weight excluding hydrogens is 276 g/mol. The third kappa shape index (κ3) is 3.93. The monoisotopic (exact) mass is 288 g/mol. The zero-order valence-electron chi connectivity index (χ0n) is 10.8. The number of phenols is 1. The number of amides is 1. The number of aromatic carboxylic acids is 1. The highest BCUT2D eigenvalue weighted by atomic mass is 16.5. The van der Waals surface area contributed by atoms with E-state index in [2.05, 4.69) is 10.3 Å². The van der Waals surface area contributed by atoms with Gasteiger partial charge in [-0.05, 0) is 18.2 Å². The van der Waals surface area contributed by atoms with E-state index in [1.54, 1.807) is 12.1 Å². The van der Waals surface area contributed by atoms with E-state index >= 15 is 0 Å². The van der Waals surface area contributed by atoms with Crippen molar-refractivity contribution in [3.8, 4) is 11.5 Å². The van der Waals surface area contributed by atoms with Crippen molar-refractivity contribution in [3.63, 3.8) is 0 Å². The van der Waals surface area contributed by atoms with Crippen LogP contribution in [-0.4, -0.2) is 33.7 Å². The summed E-state index contributed by atoms with van der Waals surface area (Å²) in [4.78, 5) is 26.2. The number of para-hydroxylation sites is 2. The van der Waals surface area contributed by atoms with Gasteiger partial charge < -0.3 is 20.3 Å². The van der Waals surface area contributed by atoms with Crippen molar-refractivity contribution < 1.29 is 24.5 Å². The van der Waals surface area contributed by atoms with E-state index in [1.807, 2.05) is 0 Å². The van der Waals surface area contributed by atoms with Gasteiger partial charge in [0.05, 0.1) is 17.4 Å². The van der Waals surface area contributed by atoms with Gasteiger partial charge in [0.15, 0.2) is 18.1 Å². The van der Waals surface area contributed by atoms with Crippen LogP contribution in [0.2, 0.25) is 0 Å². The number of nitrogens with one attached hydrogen (secondary N) is 1. The predicted molar refractivity (Wildman–Crippen MR) is 73.4 cm³/mol. The van der Waals surface area contributed by atoms with E-state index in [-0.39, 0.29) is 29.4 Å². The molecule has 0 atom stereocenters. The number of hydrogen-bond acceptors (Lipinski definition) is 5. The Kier molecular flexibility index (Phi) is 4.35. The SMILES string of the molecule is O=C(COc1ccccc1O)Nc1cncc(C(=O)O)c1. The molecule has 21 heavy (non-hydrogen) atoms. The van der Waals surface area contributed by atoms with Gasteiger partial charge in [0.2, 0.25) is 0 Å². The molecule has 7 heteroatoms. The second-order valence-corrected chi connectivity index (χ2v) is 4.07. The Labute approximate surface area is 119 Å². The van der Waals surface area contributed by atoms with Crippen molar-refractivity contribution in [2.75, 3.05) is 11.9 Å². The maximum absolute atomic E-state index is 11.7. The van der Waals surface area contributed by atoms with Gasteiger partial charge in [-0.1, -0.05) is 12.1 Å². The van der Waals surface area contributed by atoms with E-state index in [9.17, 15) is 14.7 Å². The van der Waals surface area contributed by atoms with Gasteiger partial charge in [-0.3, -0.25) is 9.78 Å². The van der Waals surface area contributed by atoms with Crippen molar-refractivity contribution in [1.82, 2.24) is 4.98 Å². The van der Waals surface area contributed by atoms with Crippen molar-refractivity contribution in [2.45, 2.75) is 0 Å². The summed E-state index contributed by atoms with van der Waals surface area (Å²) < 4.78 is 5.15. The van der Waals surface area contributed by atoms with Gasteiger partial charge >= 0.3 is 5.97 Å². The molecule has 0 aliphatic rings. The minimum Gasteiger partial charge on any atom is -0.504 e. The molecule has 0 fully saturated rings.